The first-order chi connectivity index (χ1) is 9.24. The molecule has 2 rings (SSSR count). The van der Waals surface area contributed by atoms with Crippen LogP contribution >= 0.6 is 0 Å². The van der Waals surface area contributed by atoms with Crippen molar-refractivity contribution in [3.63, 3.8) is 0 Å². The molecule has 100 valence electrons. The fourth-order valence-corrected chi connectivity index (χ4v) is 1.99. The Bertz CT molecular complexity index is 553. The predicted octanol–water partition coefficient (Wildman–Crippen LogP) is 2.77. The third-order valence-electron chi connectivity index (χ3n) is 2.86. The summed E-state index contributed by atoms with van der Waals surface area (Å²) < 4.78 is 0. The Balaban J connectivity index is 2.33. The Kier molecular flexibility index (Phi) is 4.30. The zero-order valence-electron chi connectivity index (χ0n) is 11.3. The highest BCUT2D eigenvalue weighted by Crippen LogP contribution is 2.24. The second-order valence-corrected chi connectivity index (χ2v) is 4.44. The number of nitrogens with one attached hydrogen (secondary N) is 2. The number of rotatable bonds is 5. The molecule has 0 saturated carbocycles. The van der Waals surface area contributed by atoms with Gasteiger partial charge < -0.3 is 10.7 Å². The van der Waals surface area contributed by atoms with Crippen molar-refractivity contribution in [1.82, 2.24) is 9.97 Å². The summed E-state index contributed by atoms with van der Waals surface area (Å²) in [4.78, 5) is 8.46. The third-order valence-corrected chi connectivity index (χ3v) is 2.86. The number of hydrogen-bond acceptors (Lipinski definition) is 5. The molecule has 1 heterocycles. The Morgan fingerprint density at radius 3 is 2.68 bits per heavy atom. The average molecular weight is 257 g/mol. The molecule has 0 saturated heterocycles. The summed E-state index contributed by atoms with van der Waals surface area (Å²) in [6, 6.07) is 8.17. The lowest BCUT2D eigenvalue weighted by molar-refractivity contribution is 0.903. The van der Waals surface area contributed by atoms with Gasteiger partial charge in [-0.2, -0.15) is 0 Å². The molecule has 5 nitrogen and oxygen atoms in total. The normalized spacial score (nSPS) is 10.3. The second kappa shape index (κ2) is 6.15. The van der Waals surface area contributed by atoms with Crippen LogP contribution in [-0.4, -0.2) is 9.97 Å². The first-order valence-corrected chi connectivity index (χ1v) is 6.38. The number of nitrogens with two attached hydrogens (primary N) is 1. The van der Waals surface area contributed by atoms with Gasteiger partial charge in [0.1, 0.15) is 18.0 Å². The van der Waals surface area contributed by atoms with Crippen LogP contribution in [0.25, 0.3) is 0 Å². The molecule has 0 fully saturated rings. The molecule has 0 spiro atoms. The van der Waals surface area contributed by atoms with Gasteiger partial charge in [-0.15, -0.1) is 0 Å². The first kappa shape index (κ1) is 13.3. The molecule has 0 amide bonds. The molecule has 5 heteroatoms. The van der Waals surface area contributed by atoms with Gasteiger partial charge in [-0.25, -0.2) is 15.8 Å². The van der Waals surface area contributed by atoms with Crippen molar-refractivity contribution in [2.75, 3.05) is 10.7 Å². The molecule has 0 aliphatic carbocycles. The lowest BCUT2D eigenvalue weighted by Crippen LogP contribution is -2.13. The Hall–Kier alpha value is -2.14. The van der Waals surface area contributed by atoms with Crippen molar-refractivity contribution < 1.29 is 0 Å². The van der Waals surface area contributed by atoms with Crippen LogP contribution in [0.4, 0.5) is 17.3 Å². The third kappa shape index (κ3) is 3.20. The van der Waals surface area contributed by atoms with Gasteiger partial charge in [-0.05, 0) is 31.0 Å². The smallest absolute Gasteiger partial charge is 0.148 e. The van der Waals surface area contributed by atoms with E-state index in [9.17, 15) is 0 Å². The van der Waals surface area contributed by atoms with Crippen LogP contribution in [0.15, 0.2) is 30.6 Å². The number of nitrogen functional groups attached to an aromatic ring is 1. The van der Waals surface area contributed by atoms with E-state index in [0.717, 1.165) is 29.9 Å². The highest BCUT2D eigenvalue weighted by molar-refractivity contribution is 5.65. The SMILES string of the molecule is CCCc1c(NN)ncnc1Nc1cccc(C)c1. The summed E-state index contributed by atoms with van der Waals surface area (Å²) >= 11 is 0. The van der Waals surface area contributed by atoms with Crippen LogP contribution in [0.2, 0.25) is 0 Å². The van der Waals surface area contributed by atoms with E-state index in [0.29, 0.717) is 5.82 Å². The molecular formula is C14H19N5. The minimum Gasteiger partial charge on any atom is -0.340 e. The number of hydrogen-bond donors (Lipinski definition) is 3. The van der Waals surface area contributed by atoms with E-state index in [4.69, 9.17) is 5.84 Å². The van der Waals surface area contributed by atoms with Crippen LogP contribution < -0.4 is 16.6 Å². The van der Waals surface area contributed by atoms with E-state index < -0.39 is 0 Å². The second-order valence-electron chi connectivity index (χ2n) is 4.44. The predicted molar refractivity (Wildman–Crippen MR) is 78.3 cm³/mol. The first-order valence-electron chi connectivity index (χ1n) is 6.38. The number of aromatic nitrogens is 2. The molecule has 4 N–H and O–H groups in total. The van der Waals surface area contributed by atoms with E-state index in [2.05, 4.69) is 46.7 Å². The molecule has 0 radical (unpaired) electrons. The van der Waals surface area contributed by atoms with Crippen LogP contribution in [-0.2, 0) is 6.42 Å². The molecule has 0 aliphatic heterocycles. The van der Waals surface area contributed by atoms with E-state index >= 15 is 0 Å². The van der Waals surface area contributed by atoms with Crippen molar-refractivity contribution in [3.8, 4) is 0 Å². The summed E-state index contributed by atoms with van der Waals surface area (Å²) in [5.41, 5.74) is 5.85. The molecule has 0 atom stereocenters. The fraction of sp³-hybridized carbons (Fsp3) is 0.286. The molecule has 1 aromatic heterocycles. The van der Waals surface area contributed by atoms with Crippen molar-refractivity contribution in [1.29, 1.82) is 0 Å². The quantitative estimate of drug-likeness (QED) is 0.567. The highest BCUT2D eigenvalue weighted by atomic mass is 15.3. The maximum atomic E-state index is 5.50. The van der Waals surface area contributed by atoms with Crippen molar-refractivity contribution >= 4 is 17.3 Å². The van der Waals surface area contributed by atoms with E-state index in [1.54, 1.807) is 0 Å². The largest absolute Gasteiger partial charge is 0.340 e. The van der Waals surface area contributed by atoms with E-state index in [1.165, 1.54) is 11.9 Å². The number of nitrogens with zero attached hydrogens (tertiary/aromatic N) is 2. The van der Waals surface area contributed by atoms with Crippen molar-refractivity contribution in [2.24, 2.45) is 5.84 Å². The van der Waals surface area contributed by atoms with Gasteiger partial charge >= 0.3 is 0 Å². The number of hydrazine groups is 1. The van der Waals surface area contributed by atoms with Gasteiger partial charge in [0.15, 0.2) is 0 Å². The van der Waals surface area contributed by atoms with Gasteiger partial charge in [0.25, 0.3) is 0 Å². The molecule has 1 aromatic carbocycles. The van der Waals surface area contributed by atoms with E-state index in [1.807, 2.05) is 12.1 Å². The van der Waals surface area contributed by atoms with Gasteiger partial charge in [-0.1, -0.05) is 25.5 Å². The fourth-order valence-electron chi connectivity index (χ4n) is 1.99. The maximum Gasteiger partial charge on any atom is 0.148 e. The Morgan fingerprint density at radius 2 is 2.00 bits per heavy atom. The lowest BCUT2D eigenvalue weighted by atomic mass is 10.1. The molecule has 0 aliphatic rings. The topological polar surface area (TPSA) is 75.9 Å². The number of aryl methyl sites for hydroxylation is 1. The van der Waals surface area contributed by atoms with Crippen LogP contribution in [0.1, 0.15) is 24.5 Å². The van der Waals surface area contributed by atoms with Crippen molar-refractivity contribution in [2.45, 2.75) is 26.7 Å². The lowest BCUT2D eigenvalue weighted by Gasteiger charge is -2.13. The summed E-state index contributed by atoms with van der Waals surface area (Å²) in [5, 5.41) is 3.33. The van der Waals surface area contributed by atoms with Crippen LogP contribution in [0, 0.1) is 6.92 Å². The summed E-state index contributed by atoms with van der Waals surface area (Å²) in [5.74, 6) is 6.97. The highest BCUT2D eigenvalue weighted by Gasteiger charge is 2.10. The summed E-state index contributed by atoms with van der Waals surface area (Å²) in [7, 11) is 0. The van der Waals surface area contributed by atoms with Gasteiger partial charge in [0, 0.05) is 11.3 Å². The van der Waals surface area contributed by atoms with Crippen molar-refractivity contribution in [3.05, 3.63) is 41.7 Å². The molecular weight excluding hydrogens is 238 g/mol. The maximum absolute atomic E-state index is 5.50. The van der Waals surface area contributed by atoms with Crippen LogP contribution in [0.3, 0.4) is 0 Å². The van der Waals surface area contributed by atoms with Crippen LogP contribution in [0.5, 0.6) is 0 Å². The number of benzene rings is 1. The molecule has 0 unspecified atom stereocenters. The molecule has 19 heavy (non-hydrogen) atoms. The Labute approximate surface area is 113 Å². The standard InChI is InChI=1S/C14H19N5/c1-3-5-12-13(16-9-17-14(12)19-15)18-11-7-4-6-10(2)8-11/h4,6-9H,3,5,15H2,1-2H3,(H2,16,17,18,19). The molecule has 0 bridgehead atoms. The van der Waals surface area contributed by atoms with Gasteiger partial charge in [0.05, 0.1) is 0 Å². The Morgan fingerprint density at radius 1 is 1.21 bits per heavy atom. The zero-order valence-corrected chi connectivity index (χ0v) is 11.3. The van der Waals surface area contributed by atoms with E-state index in [-0.39, 0.29) is 0 Å². The van der Waals surface area contributed by atoms with Gasteiger partial charge in [0.2, 0.25) is 0 Å². The molecule has 2 aromatic rings. The minimum absolute atomic E-state index is 0.673. The number of anilines is 3. The summed E-state index contributed by atoms with van der Waals surface area (Å²) in [6.07, 6.45) is 3.38. The summed E-state index contributed by atoms with van der Waals surface area (Å²) in [6.45, 7) is 4.18. The average Bonchev–Trinajstić information content (AvgIpc) is 2.41. The zero-order chi connectivity index (χ0) is 13.7. The van der Waals surface area contributed by atoms with Gasteiger partial charge in [-0.3, -0.25) is 0 Å². The minimum atomic E-state index is 0.673. The monoisotopic (exact) mass is 257 g/mol.